The van der Waals surface area contributed by atoms with Gasteiger partial charge in [0.2, 0.25) is 0 Å². The molecule has 0 radical (unpaired) electrons. The van der Waals surface area contributed by atoms with Gasteiger partial charge in [-0.25, -0.2) is 9.78 Å². The Bertz CT molecular complexity index is 1930. The first-order valence-corrected chi connectivity index (χ1v) is 15.0. The van der Waals surface area contributed by atoms with Crippen LogP contribution in [0.15, 0.2) is 102 Å². The van der Waals surface area contributed by atoms with Crippen LogP contribution in [-0.2, 0) is 18.9 Å². The molecule has 13 heteroatoms. The highest BCUT2D eigenvalue weighted by atomic mass is 19.4. The summed E-state index contributed by atoms with van der Waals surface area (Å²) in [5, 5.41) is 2.56. The fourth-order valence-electron chi connectivity index (χ4n) is 5.35. The van der Waals surface area contributed by atoms with Crippen LogP contribution < -0.4 is 15.6 Å². The minimum Gasteiger partial charge on any atom is -0.494 e. The summed E-state index contributed by atoms with van der Waals surface area (Å²) in [7, 11) is 0. The Labute approximate surface area is 271 Å². The Kier molecular flexibility index (Phi) is 9.78. The smallest absolute Gasteiger partial charge is 0.416 e. The Morgan fingerprint density at radius 1 is 0.854 bits per heavy atom. The quantitative estimate of drug-likeness (QED) is 0.159. The molecule has 1 unspecified atom stereocenters. The largest absolute Gasteiger partial charge is 0.494 e. The molecule has 4 aromatic carbocycles. The highest BCUT2D eigenvalue weighted by molar-refractivity contribution is 5.90. The van der Waals surface area contributed by atoms with E-state index >= 15 is 0 Å². The number of para-hydroxylation sites is 1. The predicted octanol–water partition coefficient (Wildman–Crippen LogP) is 9.01. The van der Waals surface area contributed by atoms with Crippen molar-refractivity contribution in [1.29, 1.82) is 0 Å². The van der Waals surface area contributed by atoms with Crippen LogP contribution in [0, 0.1) is 0 Å². The first-order chi connectivity index (χ1) is 22.8. The van der Waals surface area contributed by atoms with Gasteiger partial charge >= 0.3 is 18.4 Å². The number of urea groups is 1. The van der Waals surface area contributed by atoms with Crippen LogP contribution in [0.3, 0.4) is 0 Å². The van der Waals surface area contributed by atoms with Gasteiger partial charge in [-0.15, -0.1) is 0 Å². The van der Waals surface area contributed by atoms with E-state index < -0.39 is 46.8 Å². The lowest BCUT2D eigenvalue weighted by atomic mass is 10.1. The fraction of sp³-hybridized carbons (Fsp3) is 0.229. The van der Waals surface area contributed by atoms with Crippen LogP contribution in [0.1, 0.15) is 48.8 Å². The predicted molar refractivity (Wildman–Crippen MR) is 169 cm³/mol. The summed E-state index contributed by atoms with van der Waals surface area (Å²) in [5.74, 6) is 0.692. The van der Waals surface area contributed by atoms with Crippen molar-refractivity contribution >= 4 is 22.6 Å². The number of halogens is 6. The topological polar surface area (TPSA) is 76.5 Å². The molecule has 48 heavy (non-hydrogen) atoms. The van der Waals surface area contributed by atoms with Crippen molar-refractivity contribution in [3.05, 3.63) is 130 Å². The number of carbonyl (C=O) groups excluding carboxylic acids is 1. The second-order valence-corrected chi connectivity index (χ2v) is 10.8. The van der Waals surface area contributed by atoms with Crippen LogP contribution in [0.5, 0.6) is 5.75 Å². The van der Waals surface area contributed by atoms with Crippen molar-refractivity contribution in [1.82, 2.24) is 14.5 Å². The summed E-state index contributed by atoms with van der Waals surface area (Å²) >= 11 is 0. The Hall–Kier alpha value is -5.33. The molecule has 2 amide bonds. The summed E-state index contributed by atoms with van der Waals surface area (Å²) in [4.78, 5) is 34.1. The monoisotopic (exact) mass is 668 g/mol. The zero-order chi connectivity index (χ0) is 34.6. The molecule has 7 nitrogen and oxygen atoms in total. The van der Waals surface area contributed by atoms with E-state index in [0.717, 1.165) is 0 Å². The third kappa shape index (κ3) is 7.45. The highest BCUT2D eigenvalue weighted by Crippen LogP contribution is 2.38. The third-order valence-electron chi connectivity index (χ3n) is 7.56. The number of aromatic nitrogens is 2. The number of benzene rings is 4. The number of anilines is 1. The summed E-state index contributed by atoms with van der Waals surface area (Å²) in [6, 6.07) is 20.8. The van der Waals surface area contributed by atoms with Crippen LogP contribution in [0.4, 0.5) is 36.8 Å². The first kappa shape index (κ1) is 34.0. The van der Waals surface area contributed by atoms with Gasteiger partial charge in [0.15, 0.2) is 0 Å². The molecule has 1 atom stereocenters. The van der Waals surface area contributed by atoms with Gasteiger partial charge in [-0.05, 0) is 73.5 Å². The zero-order valence-electron chi connectivity index (χ0n) is 25.8. The van der Waals surface area contributed by atoms with Gasteiger partial charge in [0.1, 0.15) is 11.6 Å². The molecule has 5 rings (SSSR count). The molecule has 0 aliphatic carbocycles. The number of carbonyl (C=O) groups is 1. The summed E-state index contributed by atoms with van der Waals surface area (Å²) in [6.07, 6.45) is -10.1. The lowest BCUT2D eigenvalue weighted by molar-refractivity contribution is -0.143. The second-order valence-electron chi connectivity index (χ2n) is 10.8. The Morgan fingerprint density at radius 2 is 1.46 bits per heavy atom. The van der Waals surface area contributed by atoms with Crippen LogP contribution in [0.2, 0.25) is 0 Å². The molecule has 0 aliphatic rings. The number of hydrogen-bond acceptors (Lipinski definition) is 4. The molecule has 5 aromatic rings. The van der Waals surface area contributed by atoms with E-state index in [-0.39, 0.29) is 24.9 Å². The van der Waals surface area contributed by atoms with Crippen molar-refractivity contribution in [3.8, 4) is 11.4 Å². The minimum atomic E-state index is -5.11. The van der Waals surface area contributed by atoms with E-state index in [9.17, 15) is 35.9 Å². The average molecular weight is 669 g/mol. The van der Waals surface area contributed by atoms with Crippen LogP contribution >= 0.6 is 0 Å². The maximum absolute atomic E-state index is 14.0. The van der Waals surface area contributed by atoms with E-state index in [0.29, 0.717) is 46.6 Å². The SMILES string of the molecule is CCOc1ccc(-n2c(C(CC)N(Cc3ccccc3)C(=O)Nc3cc(C(F)(F)F)cc(C(F)(F)F)c3)nc3ccccc3c2=O)cc1. The minimum absolute atomic E-state index is 0.0131. The molecule has 0 saturated carbocycles. The van der Waals surface area contributed by atoms with Crippen LogP contribution in [-0.4, -0.2) is 27.1 Å². The Balaban J connectivity index is 1.67. The lowest BCUT2D eigenvalue weighted by Gasteiger charge is -2.32. The standard InChI is InChI=1S/C35H30F6N4O3/c1-3-30(31-43-29-13-9-8-12-28(29)32(46)45(31)26-14-16-27(17-15-26)48-4-2)44(21-22-10-6-5-7-11-22)33(47)42-25-19-23(34(36,37)38)18-24(20-25)35(39,40)41/h5-20,30H,3-4,21H2,1-2H3,(H,42,47). The van der Waals surface area contributed by atoms with E-state index in [1.165, 1.54) is 9.47 Å². The normalized spacial score (nSPS) is 12.5. The molecule has 1 N–H and O–H groups in total. The van der Waals surface area contributed by atoms with Crippen molar-refractivity contribution in [2.45, 2.75) is 45.2 Å². The number of ether oxygens (including phenoxy) is 1. The molecular formula is C35H30F6N4O3. The molecular weight excluding hydrogens is 638 g/mol. The number of hydrogen-bond donors (Lipinski definition) is 1. The van der Waals surface area contributed by atoms with E-state index in [2.05, 4.69) is 5.32 Å². The maximum Gasteiger partial charge on any atom is 0.416 e. The van der Waals surface area contributed by atoms with E-state index in [4.69, 9.17) is 9.72 Å². The summed E-state index contributed by atoms with van der Waals surface area (Å²) < 4.78 is 88.6. The molecule has 250 valence electrons. The second kappa shape index (κ2) is 13.8. The van der Waals surface area contributed by atoms with Gasteiger partial charge in [0.05, 0.1) is 40.4 Å². The van der Waals surface area contributed by atoms with Crippen molar-refractivity contribution < 1.29 is 35.9 Å². The van der Waals surface area contributed by atoms with Crippen LogP contribution in [0.25, 0.3) is 16.6 Å². The Morgan fingerprint density at radius 3 is 2.04 bits per heavy atom. The maximum atomic E-state index is 14.0. The number of rotatable bonds is 9. The molecule has 0 bridgehead atoms. The van der Waals surface area contributed by atoms with E-state index in [1.807, 2.05) is 6.92 Å². The molecule has 0 aliphatic heterocycles. The number of nitrogens with one attached hydrogen (secondary N) is 1. The highest BCUT2D eigenvalue weighted by Gasteiger charge is 2.37. The molecule has 0 spiro atoms. The summed E-state index contributed by atoms with van der Waals surface area (Å²) in [5.41, 5.74) is -2.93. The molecule has 1 aromatic heterocycles. The zero-order valence-corrected chi connectivity index (χ0v) is 25.8. The first-order valence-electron chi connectivity index (χ1n) is 15.0. The van der Waals surface area contributed by atoms with Gasteiger partial charge in [-0.1, -0.05) is 49.4 Å². The van der Waals surface area contributed by atoms with Crippen molar-refractivity contribution in [2.75, 3.05) is 11.9 Å². The van der Waals surface area contributed by atoms with Gasteiger partial charge in [-0.2, -0.15) is 26.3 Å². The fourth-order valence-corrected chi connectivity index (χ4v) is 5.35. The van der Waals surface area contributed by atoms with Gasteiger partial charge < -0.3 is 15.0 Å². The summed E-state index contributed by atoms with van der Waals surface area (Å²) in [6.45, 7) is 3.85. The van der Waals surface area contributed by atoms with Gasteiger partial charge in [0.25, 0.3) is 5.56 Å². The number of nitrogens with zero attached hydrogens (tertiary/aromatic N) is 3. The van der Waals surface area contributed by atoms with Gasteiger partial charge in [0, 0.05) is 12.2 Å². The van der Waals surface area contributed by atoms with Crippen molar-refractivity contribution in [2.24, 2.45) is 0 Å². The van der Waals surface area contributed by atoms with Gasteiger partial charge in [-0.3, -0.25) is 9.36 Å². The molecule has 1 heterocycles. The average Bonchev–Trinajstić information content (AvgIpc) is 3.05. The van der Waals surface area contributed by atoms with E-state index in [1.54, 1.807) is 85.8 Å². The molecule has 0 fully saturated rings. The lowest BCUT2D eigenvalue weighted by Crippen LogP contribution is -2.40. The number of amides is 2. The molecule has 0 saturated heterocycles. The number of alkyl halides is 6. The van der Waals surface area contributed by atoms with Crippen molar-refractivity contribution in [3.63, 3.8) is 0 Å². The number of fused-ring (bicyclic) bond motifs is 1. The third-order valence-corrected chi connectivity index (χ3v) is 7.56.